The molecule has 2 aromatic carbocycles. The van der Waals surface area contributed by atoms with Gasteiger partial charge in [0.2, 0.25) is 0 Å². The number of non-ortho nitro benzene ring substituents is 2. The largest absolute Gasteiger partial charge is 0.519 e. The number of benzene rings is 2. The number of nitro benzene ring substituents is 2. The minimum absolute atomic E-state index is 0.0445. The summed E-state index contributed by atoms with van der Waals surface area (Å²) in [6, 6.07) is 6.64. The van der Waals surface area contributed by atoms with Crippen molar-refractivity contribution in [2.24, 2.45) is 0 Å². The number of carbonyl (C=O) groups excluding carboxylic acids is 3. The maximum atomic E-state index is 12.5. The molecule has 0 bridgehead atoms. The zero-order valence-electron chi connectivity index (χ0n) is 19.6. The molecule has 0 amide bonds. The smallest absolute Gasteiger partial charge is 0.461 e. The predicted octanol–water partition coefficient (Wildman–Crippen LogP) is 4.77. The minimum Gasteiger partial charge on any atom is -0.461 e. The van der Waals surface area contributed by atoms with Gasteiger partial charge in [-0.05, 0) is 25.0 Å². The summed E-state index contributed by atoms with van der Waals surface area (Å²) in [7, 11) is 0. The third-order valence-corrected chi connectivity index (χ3v) is 4.58. The Morgan fingerprint density at radius 1 is 0.722 bits per heavy atom. The van der Waals surface area contributed by atoms with E-state index >= 15 is 0 Å². The van der Waals surface area contributed by atoms with Gasteiger partial charge in [-0.15, -0.1) is 0 Å². The van der Waals surface area contributed by atoms with Crippen molar-refractivity contribution in [3.8, 4) is 11.5 Å². The van der Waals surface area contributed by atoms with Crippen LogP contribution in [0.5, 0.6) is 11.5 Å². The highest BCUT2D eigenvalue weighted by Crippen LogP contribution is 2.28. The molecule has 0 spiro atoms. The number of hydrogen-bond acceptors (Lipinski definition) is 11. The van der Waals surface area contributed by atoms with E-state index in [0.29, 0.717) is 12.8 Å². The molecule has 0 aliphatic heterocycles. The number of ether oxygens (including phenoxy) is 4. The highest BCUT2D eigenvalue weighted by atomic mass is 16.7. The van der Waals surface area contributed by atoms with Crippen LogP contribution >= 0.6 is 0 Å². The van der Waals surface area contributed by atoms with E-state index < -0.39 is 27.9 Å². The van der Waals surface area contributed by atoms with Crippen LogP contribution in [0.15, 0.2) is 36.4 Å². The van der Waals surface area contributed by atoms with Crippen molar-refractivity contribution in [3.05, 3.63) is 67.8 Å². The Morgan fingerprint density at radius 3 is 1.44 bits per heavy atom. The summed E-state index contributed by atoms with van der Waals surface area (Å²) in [4.78, 5) is 56.8. The van der Waals surface area contributed by atoms with Gasteiger partial charge in [0.15, 0.2) is 0 Å². The summed E-state index contributed by atoms with van der Waals surface area (Å²) in [6.45, 7) is 2.77. The lowest BCUT2D eigenvalue weighted by Gasteiger charge is -2.13. The molecule has 2 rings (SSSR count). The van der Waals surface area contributed by atoms with Gasteiger partial charge in [0.05, 0.1) is 9.85 Å². The first-order valence-electron chi connectivity index (χ1n) is 10.9. The molecule has 13 heteroatoms. The summed E-state index contributed by atoms with van der Waals surface area (Å²) >= 11 is 0. The van der Waals surface area contributed by atoms with Crippen molar-refractivity contribution >= 4 is 29.5 Å². The molecule has 0 saturated carbocycles. The van der Waals surface area contributed by atoms with Gasteiger partial charge in [0.1, 0.15) is 24.7 Å². The Bertz CT molecular complexity index is 1060. The van der Waals surface area contributed by atoms with Crippen molar-refractivity contribution in [1.82, 2.24) is 0 Å². The van der Waals surface area contributed by atoms with E-state index in [9.17, 15) is 34.6 Å². The molecule has 0 fully saturated rings. The average Bonchev–Trinajstić information content (AvgIpc) is 2.82. The third-order valence-electron chi connectivity index (χ3n) is 4.58. The molecular formula is C23H24N2O11. The summed E-state index contributed by atoms with van der Waals surface area (Å²) in [5.41, 5.74) is -0.543. The Labute approximate surface area is 205 Å². The van der Waals surface area contributed by atoms with Crippen LogP contribution in [0.4, 0.5) is 16.2 Å². The molecule has 0 aromatic heterocycles. The minimum atomic E-state index is -1.28. The van der Waals surface area contributed by atoms with Crippen molar-refractivity contribution in [3.63, 3.8) is 0 Å². The maximum Gasteiger partial charge on any atom is 0.519 e. The molecule has 0 aliphatic carbocycles. The first-order chi connectivity index (χ1) is 17.1. The number of carbonyl (C=O) groups is 3. The zero-order chi connectivity index (χ0) is 26.7. The van der Waals surface area contributed by atoms with E-state index in [4.69, 9.17) is 18.9 Å². The van der Waals surface area contributed by atoms with Gasteiger partial charge in [-0.25, -0.2) is 4.79 Å². The molecule has 0 heterocycles. The monoisotopic (exact) mass is 504 g/mol. The van der Waals surface area contributed by atoms with Crippen LogP contribution in [0.2, 0.25) is 0 Å². The molecule has 0 aliphatic rings. The van der Waals surface area contributed by atoms with Crippen LogP contribution in [0.1, 0.15) is 50.7 Å². The fourth-order valence-electron chi connectivity index (χ4n) is 2.85. The third kappa shape index (κ3) is 8.34. The number of nitro groups is 2. The first kappa shape index (κ1) is 27.7. The van der Waals surface area contributed by atoms with E-state index in [1.54, 1.807) is 13.8 Å². The predicted molar refractivity (Wildman–Crippen MR) is 122 cm³/mol. The average molecular weight is 504 g/mol. The highest BCUT2D eigenvalue weighted by molar-refractivity contribution is 5.71. The highest BCUT2D eigenvalue weighted by Gasteiger charge is 2.20. The zero-order valence-corrected chi connectivity index (χ0v) is 19.6. The lowest BCUT2D eigenvalue weighted by molar-refractivity contribution is -0.385. The van der Waals surface area contributed by atoms with Crippen molar-refractivity contribution in [2.45, 2.75) is 52.7 Å². The van der Waals surface area contributed by atoms with Crippen LogP contribution in [0, 0.1) is 20.2 Å². The van der Waals surface area contributed by atoms with Crippen molar-refractivity contribution in [1.29, 1.82) is 0 Å². The number of hydrogen-bond donors (Lipinski definition) is 0. The standard InChI is InChI=1S/C23H24N2O11/c1-3-5-21(26)33-13-15-11-17(24(29)30)7-9-19(15)35-23(28)36-20-10-8-18(25(31)32)12-16(20)14-34-22(27)6-4-2/h7-12H,3-6,13-14H2,1-2H3. The SMILES string of the molecule is CCCC(=O)OCc1cc([N+](=O)[O-])ccc1OC(=O)Oc1ccc([N+](=O)[O-])cc1COC(=O)CCC. The number of nitrogens with zero attached hydrogens (tertiary/aromatic N) is 2. The van der Waals surface area contributed by atoms with E-state index in [-0.39, 0.29) is 60.1 Å². The Balaban J connectivity index is 2.23. The van der Waals surface area contributed by atoms with E-state index in [1.807, 2.05) is 0 Å². The molecule has 13 nitrogen and oxygen atoms in total. The number of rotatable bonds is 12. The fraction of sp³-hybridized carbons (Fsp3) is 0.348. The molecule has 0 atom stereocenters. The van der Waals surface area contributed by atoms with Crippen LogP contribution in [0.3, 0.4) is 0 Å². The first-order valence-corrected chi connectivity index (χ1v) is 10.9. The number of esters is 2. The van der Waals surface area contributed by atoms with Gasteiger partial charge >= 0.3 is 18.1 Å². The van der Waals surface area contributed by atoms with Crippen LogP contribution in [0.25, 0.3) is 0 Å². The lowest BCUT2D eigenvalue weighted by Crippen LogP contribution is -2.17. The lowest BCUT2D eigenvalue weighted by atomic mass is 10.2. The summed E-state index contributed by atoms with van der Waals surface area (Å²) < 4.78 is 20.4. The summed E-state index contributed by atoms with van der Waals surface area (Å²) in [6.07, 6.45) is 0.0708. The maximum absolute atomic E-state index is 12.5. The van der Waals surface area contributed by atoms with Crippen molar-refractivity contribution < 1.29 is 43.2 Å². The van der Waals surface area contributed by atoms with Gasteiger partial charge in [-0.3, -0.25) is 29.8 Å². The second-order valence-electron chi connectivity index (χ2n) is 7.37. The summed E-state index contributed by atoms with van der Waals surface area (Å²) in [5.74, 6) is -1.39. The fourth-order valence-corrected chi connectivity index (χ4v) is 2.85. The summed E-state index contributed by atoms with van der Waals surface area (Å²) in [5, 5.41) is 22.2. The second-order valence-corrected chi connectivity index (χ2v) is 7.37. The molecule has 0 unspecified atom stereocenters. The molecule has 0 N–H and O–H groups in total. The molecule has 0 radical (unpaired) electrons. The van der Waals surface area contributed by atoms with Gasteiger partial charge < -0.3 is 18.9 Å². The van der Waals surface area contributed by atoms with Gasteiger partial charge in [-0.1, -0.05) is 13.8 Å². The Morgan fingerprint density at radius 2 is 1.11 bits per heavy atom. The topological polar surface area (TPSA) is 174 Å². The normalized spacial score (nSPS) is 10.3. The quantitative estimate of drug-likeness (QED) is 0.168. The van der Waals surface area contributed by atoms with Crippen LogP contribution < -0.4 is 9.47 Å². The van der Waals surface area contributed by atoms with Gasteiger partial charge in [-0.2, -0.15) is 0 Å². The van der Waals surface area contributed by atoms with Gasteiger partial charge in [0.25, 0.3) is 11.4 Å². The molecule has 36 heavy (non-hydrogen) atoms. The molecular weight excluding hydrogens is 480 g/mol. The molecule has 0 saturated heterocycles. The molecule has 192 valence electrons. The Kier molecular flexibility index (Phi) is 10.3. The van der Waals surface area contributed by atoms with Crippen molar-refractivity contribution in [2.75, 3.05) is 0 Å². The molecule has 2 aromatic rings. The Hall–Kier alpha value is -4.55. The van der Waals surface area contributed by atoms with Crippen LogP contribution in [-0.2, 0) is 32.3 Å². The van der Waals surface area contributed by atoms with Crippen LogP contribution in [-0.4, -0.2) is 27.9 Å². The van der Waals surface area contributed by atoms with E-state index in [2.05, 4.69) is 0 Å². The van der Waals surface area contributed by atoms with E-state index in [0.717, 1.165) is 36.4 Å². The van der Waals surface area contributed by atoms with E-state index in [1.165, 1.54) is 0 Å². The van der Waals surface area contributed by atoms with Gasteiger partial charge in [0, 0.05) is 48.2 Å². The second kappa shape index (κ2) is 13.4.